The van der Waals surface area contributed by atoms with Gasteiger partial charge in [-0.1, -0.05) is 6.07 Å². The Morgan fingerprint density at radius 2 is 2.08 bits per heavy atom. The zero-order valence-corrected chi connectivity index (χ0v) is 15.8. The minimum Gasteiger partial charge on any atom is -0.373 e. The maximum Gasteiger partial charge on any atom is 0.122 e. The van der Waals surface area contributed by atoms with Crippen LogP contribution in [0, 0.1) is 0 Å². The average molecular weight is 355 g/mol. The van der Waals surface area contributed by atoms with Gasteiger partial charge in [0.2, 0.25) is 0 Å². The van der Waals surface area contributed by atoms with Crippen molar-refractivity contribution < 1.29 is 4.74 Å². The van der Waals surface area contributed by atoms with Gasteiger partial charge < -0.3 is 9.30 Å². The highest BCUT2D eigenvalue weighted by molar-refractivity contribution is 5.04. The maximum absolute atomic E-state index is 6.35. The first-order valence-corrected chi connectivity index (χ1v) is 9.56. The van der Waals surface area contributed by atoms with Gasteiger partial charge in [0.15, 0.2) is 0 Å². The molecule has 0 aromatic carbocycles. The molecule has 26 heavy (non-hydrogen) atoms. The van der Waals surface area contributed by atoms with Crippen LogP contribution in [-0.2, 0) is 24.9 Å². The van der Waals surface area contributed by atoms with Crippen molar-refractivity contribution in [1.29, 1.82) is 0 Å². The van der Waals surface area contributed by atoms with E-state index >= 15 is 0 Å². The molecule has 4 heterocycles. The Morgan fingerprint density at radius 1 is 1.23 bits per heavy atom. The summed E-state index contributed by atoms with van der Waals surface area (Å²) in [5.74, 6) is 1.14. The van der Waals surface area contributed by atoms with Crippen LogP contribution in [0.2, 0.25) is 0 Å². The molecule has 2 aromatic rings. The zero-order chi connectivity index (χ0) is 18.0. The largest absolute Gasteiger partial charge is 0.373 e. The normalized spacial score (nSPS) is 23.1. The van der Waals surface area contributed by atoms with Crippen LogP contribution in [0.3, 0.4) is 0 Å². The predicted molar refractivity (Wildman–Crippen MR) is 101 cm³/mol. The van der Waals surface area contributed by atoms with Crippen molar-refractivity contribution in [2.24, 2.45) is 7.05 Å². The van der Waals surface area contributed by atoms with Gasteiger partial charge in [-0.25, -0.2) is 4.98 Å². The fourth-order valence-electron chi connectivity index (χ4n) is 4.20. The first-order valence-electron chi connectivity index (χ1n) is 9.56. The molecule has 0 radical (unpaired) electrons. The fourth-order valence-corrected chi connectivity index (χ4v) is 4.20. The second-order valence-electron chi connectivity index (χ2n) is 7.82. The molecule has 2 saturated heterocycles. The van der Waals surface area contributed by atoms with Gasteiger partial charge in [0, 0.05) is 51.3 Å². The summed E-state index contributed by atoms with van der Waals surface area (Å²) < 4.78 is 8.46. The van der Waals surface area contributed by atoms with E-state index in [9.17, 15) is 0 Å². The van der Waals surface area contributed by atoms with Gasteiger partial charge in [0.05, 0.1) is 24.4 Å². The number of likely N-dealkylation sites (N-methyl/N-ethyl adjacent to an activating group) is 1. The summed E-state index contributed by atoms with van der Waals surface area (Å²) in [6.45, 7) is 4.83. The Labute approximate surface area is 155 Å². The van der Waals surface area contributed by atoms with E-state index in [0.717, 1.165) is 63.6 Å². The van der Waals surface area contributed by atoms with Crippen LogP contribution in [0.15, 0.2) is 36.8 Å². The molecule has 6 nitrogen and oxygen atoms in total. The maximum atomic E-state index is 6.35. The Kier molecular flexibility index (Phi) is 5.07. The molecule has 0 saturated carbocycles. The van der Waals surface area contributed by atoms with Crippen LogP contribution >= 0.6 is 0 Å². The first kappa shape index (κ1) is 17.6. The molecule has 0 amide bonds. The number of imidazole rings is 1. The molecule has 0 bridgehead atoms. The van der Waals surface area contributed by atoms with Gasteiger partial charge in [-0.2, -0.15) is 0 Å². The number of rotatable bonds is 5. The van der Waals surface area contributed by atoms with Gasteiger partial charge in [-0.15, -0.1) is 0 Å². The predicted octanol–water partition coefficient (Wildman–Crippen LogP) is 2.07. The highest BCUT2D eigenvalue weighted by atomic mass is 16.5. The lowest BCUT2D eigenvalue weighted by Gasteiger charge is -2.38. The van der Waals surface area contributed by atoms with E-state index in [4.69, 9.17) is 4.74 Å². The molecule has 1 unspecified atom stereocenters. The Balaban J connectivity index is 1.29. The second-order valence-corrected chi connectivity index (χ2v) is 7.82. The number of aryl methyl sites for hydroxylation is 1. The first-order chi connectivity index (χ1) is 12.6. The number of hydrogen-bond donors (Lipinski definition) is 0. The minimum absolute atomic E-state index is 0.0706. The van der Waals surface area contributed by atoms with Crippen LogP contribution in [-0.4, -0.2) is 62.7 Å². The van der Waals surface area contributed by atoms with E-state index in [0.29, 0.717) is 6.04 Å². The fraction of sp³-hybridized carbons (Fsp3) is 0.600. The van der Waals surface area contributed by atoms with Crippen LogP contribution in [0.4, 0.5) is 0 Å². The van der Waals surface area contributed by atoms with Crippen molar-refractivity contribution in [3.63, 3.8) is 0 Å². The Hall–Kier alpha value is -1.76. The number of pyridine rings is 1. The summed E-state index contributed by atoms with van der Waals surface area (Å²) in [4.78, 5) is 13.8. The van der Waals surface area contributed by atoms with Crippen molar-refractivity contribution in [2.45, 2.75) is 44.0 Å². The van der Waals surface area contributed by atoms with Crippen LogP contribution in [0.5, 0.6) is 0 Å². The van der Waals surface area contributed by atoms with E-state index in [1.54, 1.807) is 0 Å². The van der Waals surface area contributed by atoms with Gasteiger partial charge in [0.25, 0.3) is 0 Å². The summed E-state index contributed by atoms with van der Waals surface area (Å²) in [5.41, 5.74) is 1.20. The lowest BCUT2D eigenvalue weighted by atomic mass is 9.87. The zero-order valence-electron chi connectivity index (χ0n) is 15.8. The Morgan fingerprint density at radius 3 is 2.77 bits per heavy atom. The average Bonchev–Trinajstić information content (AvgIpc) is 3.25. The summed E-state index contributed by atoms with van der Waals surface area (Å²) in [6.07, 6.45) is 9.13. The molecule has 1 spiro atoms. The van der Waals surface area contributed by atoms with Crippen molar-refractivity contribution in [2.75, 3.05) is 26.7 Å². The Bertz CT molecular complexity index is 708. The van der Waals surface area contributed by atoms with Gasteiger partial charge in [-0.3, -0.25) is 14.8 Å². The van der Waals surface area contributed by atoms with E-state index in [2.05, 4.69) is 50.6 Å². The van der Waals surface area contributed by atoms with Crippen molar-refractivity contribution in [1.82, 2.24) is 24.3 Å². The highest BCUT2D eigenvalue weighted by Gasteiger charge is 2.43. The third-order valence-electron chi connectivity index (χ3n) is 6.00. The van der Waals surface area contributed by atoms with Gasteiger partial charge >= 0.3 is 0 Å². The molecule has 0 aliphatic carbocycles. The summed E-state index contributed by atoms with van der Waals surface area (Å²) in [5, 5.41) is 0. The van der Waals surface area contributed by atoms with Gasteiger partial charge in [0.1, 0.15) is 5.82 Å². The quantitative estimate of drug-likeness (QED) is 0.822. The standard InChI is InChI=1S/C20H29N5O/c1-23-12-9-22-19(23)15-25-10-6-20(7-11-25)13-18(16-26-20)24(2)14-17-5-3-4-8-21-17/h3-5,8-9,12,18H,6-7,10-11,13-16H2,1-2H3. The number of ether oxygens (including phenoxy) is 1. The SMILES string of the molecule is CN(Cc1ccccn1)C1COC2(CCN(Cc3nccn3C)CC2)C1. The number of nitrogens with zero attached hydrogens (tertiary/aromatic N) is 5. The van der Waals surface area contributed by atoms with E-state index < -0.39 is 0 Å². The lowest BCUT2D eigenvalue weighted by Crippen LogP contribution is -2.44. The highest BCUT2D eigenvalue weighted by Crippen LogP contribution is 2.37. The minimum atomic E-state index is 0.0706. The number of hydrogen-bond acceptors (Lipinski definition) is 5. The summed E-state index contributed by atoms with van der Waals surface area (Å²) in [6, 6.07) is 6.60. The number of piperidine rings is 1. The molecule has 2 aliphatic rings. The molecule has 2 aromatic heterocycles. The molecule has 2 aliphatic heterocycles. The smallest absolute Gasteiger partial charge is 0.122 e. The molecule has 0 N–H and O–H groups in total. The molecule has 6 heteroatoms. The summed E-state index contributed by atoms with van der Waals surface area (Å²) in [7, 11) is 4.26. The van der Waals surface area contributed by atoms with E-state index in [1.165, 1.54) is 0 Å². The lowest BCUT2D eigenvalue weighted by molar-refractivity contribution is -0.0457. The van der Waals surface area contributed by atoms with E-state index in [-0.39, 0.29) is 5.60 Å². The molecule has 1 atom stereocenters. The van der Waals surface area contributed by atoms with E-state index in [1.807, 2.05) is 24.7 Å². The molecule has 2 fully saturated rings. The van der Waals surface area contributed by atoms with Crippen LogP contribution < -0.4 is 0 Å². The van der Waals surface area contributed by atoms with Crippen molar-refractivity contribution >= 4 is 0 Å². The molecule has 140 valence electrons. The third kappa shape index (κ3) is 3.82. The molecular weight excluding hydrogens is 326 g/mol. The van der Waals surface area contributed by atoms with Crippen molar-refractivity contribution in [3.8, 4) is 0 Å². The third-order valence-corrected chi connectivity index (χ3v) is 6.00. The number of likely N-dealkylation sites (tertiary alicyclic amines) is 1. The van der Waals surface area contributed by atoms with Gasteiger partial charge in [-0.05, 0) is 38.4 Å². The summed E-state index contributed by atoms with van der Waals surface area (Å²) >= 11 is 0. The number of aromatic nitrogens is 3. The van der Waals surface area contributed by atoms with Crippen LogP contribution in [0.25, 0.3) is 0 Å². The molecule has 4 rings (SSSR count). The monoisotopic (exact) mass is 355 g/mol. The second kappa shape index (κ2) is 7.47. The van der Waals surface area contributed by atoms with Crippen molar-refractivity contribution in [3.05, 3.63) is 48.3 Å². The topological polar surface area (TPSA) is 46.4 Å². The van der Waals surface area contributed by atoms with Crippen LogP contribution in [0.1, 0.15) is 30.8 Å². The molecular formula is C20H29N5O.